The molecule has 0 saturated carbocycles. The lowest BCUT2D eigenvalue weighted by Gasteiger charge is -2.06. The van der Waals surface area contributed by atoms with E-state index in [2.05, 4.69) is 9.17 Å². The van der Waals surface area contributed by atoms with E-state index in [-0.39, 0.29) is 0 Å². The molecule has 0 unspecified atom stereocenters. The minimum absolute atomic E-state index is 0.405. The molecular formula is C5H4F3NO3S. The highest BCUT2D eigenvalue weighted by Crippen LogP contribution is 2.26. The zero-order valence-corrected chi connectivity index (χ0v) is 6.82. The van der Waals surface area contributed by atoms with E-state index in [0.29, 0.717) is 0 Å². The van der Waals surface area contributed by atoms with Gasteiger partial charge in [0.15, 0.2) is 5.75 Å². The quantitative estimate of drug-likeness (QED) is 0.596. The molecule has 8 heteroatoms. The van der Waals surface area contributed by atoms with Gasteiger partial charge in [-0.2, -0.15) is 21.6 Å². The first-order valence-corrected chi connectivity index (χ1v) is 4.37. The van der Waals surface area contributed by atoms with E-state index in [9.17, 15) is 21.6 Å². The zero-order chi connectivity index (χ0) is 10.1. The van der Waals surface area contributed by atoms with E-state index in [1.165, 1.54) is 6.20 Å². The SMILES string of the molecule is O=S(=O)(Oc1cc[nH]c1)C(F)(F)F. The van der Waals surface area contributed by atoms with Gasteiger partial charge in [-0.15, -0.1) is 0 Å². The number of H-pyrrole nitrogens is 1. The van der Waals surface area contributed by atoms with Gasteiger partial charge in [-0.1, -0.05) is 0 Å². The minimum atomic E-state index is -5.54. The van der Waals surface area contributed by atoms with Crippen LogP contribution in [0.3, 0.4) is 0 Å². The maximum Gasteiger partial charge on any atom is 0.534 e. The zero-order valence-electron chi connectivity index (χ0n) is 6.00. The van der Waals surface area contributed by atoms with Crippen molar-refractivity contribution in [1.29, 1.82) is 0 Å². The molecule has 0 bridgehead atoms. The first-order valence-electron chi connectivity index (χ1n) is 2.96. The highest BCUT2D eigenvalue weighted by molar-refractivity contribution is 7.87. The van der Waals surface area contributed by atoms with Gasteiger partial charge in [0, 0.05) is 12.4 Å². The molecule has 0 amide bonds. The number of aromatic nitrogens is 1. The van der Waals surface area contributed by atoms with Crippen molar-refractivity contribution in [3.05, 3.63) is 18.5 Å². The number of nitrogens with one attached hydrogen (secondary N) is 1. The highest BCUT2D eigenvalue weighted by atomic mass is 32.2. The fourth-order valence-electron chi connectivity index (χ4n) is 0.534. The number of hydrogen-bond donors (Lipinski definition) is 1. The van der Waals surface area contributed by atoms with Gasteiger partial charge in [-0.25, -0.2) is 0 Å². The molecule has 1 rings (SSSR count). The van der Waals surface area contributed by atoms with Gasteiger partial charge in [0.1, 0.15) is 0 Å². The smallest absolute Gasteiger partial charge is 0.374 e. The summed E-state index contributed by atoms with van der Waals surface area (Å²) in [5.74, 6) is -0.405. The Kier molecular flexibility index (Phi) is 2.24. The monoisotopic (exact) mass is 215 g/mol. The average molecular weight is 215 g/mol. The fraction of sp³-hybridized carbons (Fsp3) is 0.200. The Morgan fingerprint density at radius 1 is 1.38 bits per heavy atom. The Morgan fingerprint density at radius 2 is 2.00 bits per heavy atom. The van der Waals surface area contributed by atoms with E-state index >= 15 is 0 Å². The molecule has 0 atom stereocenters. The van der Waals surface area contributed by atoms with Crippen LogP contribution in [-0.4, -0.2) is 18.9 Å². The number of halogens is 3. The molecule has 1 N–H and O–H groups in total. The Hall–Kier alpha value is -1.18. The highest BCUT2D eigenvalue weighted by Gasteiger charge is 2.48. The lowest BCUT2D eigenvalue weighted by molar-refractivity contribution is -0.0500. The molecule has 0 aliphatic carbocycles. The minimum Gasteiger partial charge on any atom is -0.374 e. The Balaban J connectivity index is 2.87. The Bertz CT molecular complexity index is 366. The van der Waals surface area contributed by atoms with Gasteiger partial charge in [0.05, 0.1) is 0 Å². The molecule has 1 aromatic rings. The van der Waals surface area contributed by atoms with Crippen molar-refractivity contribution in [2.75, 3.05) is 0 Å². The molecule has 1 heterocycles. The largest absolute Gasteiger partial charge is 0.534 e. The van der Waals surface area contributed by atoms with Crippen LogP contribution in [0, 0.1) is 0 Å². The van der Waals surface area contributed by atoms with Crippen molar-refractivity contribution in [3.8, 4) is 5.75 Å². The van der Waals surface area contributed by atoms with Crippen molar-refractivity contribution >= 4 is 10.1 Å². The summed E-state index contributed by atoms with van der Waals surface area (Å²) in [6.07, 6.45) is 2.23. The molecule has 0 aromatic carbocycles. The number of alkyl halides is 3. The standard InChI is InChI=1S/C5H4F3NO3S/c6-5(7,8)13(10,11)12-4-1-2-9-3-4/h1-3,9H. The first-order chi connectivity index (χ1) is 5.83. The van der Waals surface area contributed by atoms with Gasteiger partial charge in [-0.3, -0.25) is 0 Å². The molecule has 0 aliphatic heterocycles. The summed E-state index contributed by atoms with van der Waals surface area (Å²) < 4.78 is 59.5. The summed E-state index contributed by atoms with van der Waals surface area (Å²) in [4.78, 5) is 2.35. The van der Waals surface area contributed by atoms with Crippen LogP contribution in [0.1, 0.15) is 0 Å². The lowest BCUT2D eigenvalue weighted by Crippen LogP contribution is -2.27. The molecule has 0 fully saturated rings. The van der Waals surface area contributed by atoms with Crippen LogP contribution >= 0.6 is 0 Å². The molecule has 0 radical (unpaired) electrons. The normalized spacial score (nSPS) is 12.8. The molecule has 0 saturated heterocycles. The van der Waals surface area contributed by atoms with Crippen LogP contribution < -0.4 is 4.18 Å². The molecule has 74 valence electrons. The van der Waals surface area contributed by atoms with Crippen LogP contribution in [0.4, 0.5) is 13.2 Å². The summed E-state index contributed by atoms with van der Waals surface area (Å²) in [6, 6.07) is 1.06. The predicted molar refractivity (Wildman–Crippen MR) is 36.4 cm³/mol. The van der Waals surface area contributed by atoms with Crippen LogP contribution in [0.25, 0.3) is 0 Å². The van der Waals surface area contributed by atoms with E-state index in [1.807, 2.05) is 0 Å². The summed E-state index contributed by atoms with van der Waals surface area (Å²) in [7, 11) is -5.54. The third-order valence-corrected chi connectivity index (χ3v) is 2.04. The Morgan fingerprint density at radius 3 is 2.38 bits per heavy atom. The van der Waals surface area contributed by atoms with Crippen LogP contribution in [0.15, 0.2) is 18.5 Å². The third kappa shape index (κ3) is 2.14. The molecule has 0 aliphatic rings. The second-order valence-electron chi connectivity index (χ2n) is 2.03. The average Bonchev–Trinajstić information content (AvgIpc) is 2.35. The van der Waals surface area contributed by atoms with Gasteiger partial charge in [0.25, 0.3) is 0 Å². The van der Waals surface area contributed by atoms with E-state index in [4.69, 9.17) is 0 Å². The van der Waals surface area contributed by atoms with E-state index in [0.717, 1.165) is 12.3 Å². The van der Waals surface area contributed by atoms with Crippen molar-refractivity contribution in [2.45, 2.75) is 5.51 Å². The molecule has 13 heavy (non-hydrogen) atoms. The van der Waals surface area contributed by atoms with Gasteiger partial charge >= 0.3 is 15.6 Å². The molecule has 0 spiro atoms. The molecular weight excluding hydrogens is 211 g/mol. The Labute approximate surface area is 71.5 Å². The number of hydrogen-bond acceptors (Lipinski definition) is 3. The van der Waals surface area contributed by atoms with Gasteiger partial charge < -0.3 is 9.17 Å². The summed E-state index contributed by atoms with van der Waals surface area (Å²) in [5.41, 5.74) is -5.40. The van der Waals surface area contributed by atoms with Crippen LogP contribution in [0.2, 0.25) is 0 Å². The predicted octanol–water partition coefficient (Wildman–Crippen LogP) is 1.24. The maximum absolute atomic E-state index is 11.7. The van der Waals surface area contributed by atoms with Crippen molar-refractivity contribution in [3.63, 3.8) is 0 Å². The van der Waals surface area contributed by atoms with Gasteiger partial charge in [0.2, 0.25) is 0 Å². The van der Waals surface area contributed by atoms with Crippen LogP contribution in [0.5, 0.6) is 5.75 Å². The second-order valence-corrected chi connectivity index (χ2v) is 3.57. The van der Waals surface area contributed by atoms with Crippen molar-refractivity contribution in [1.82, 2.24) is 4.98 Å². The number of aromatic amines is 1. The van der Waals surface area contributed by atoms with E-state index < -0.39 is 21.4 Å². The van der Waals surface area contributed by atoms with E-state index in [1.54, 1.807) is 0 Å². The maximum atomic E-state index is 11.7. The topological polar surface area (TPSA) is 59.2 Å². The molecule has 1 aromatic heterocycles. The molecule has 4 nitrogen and oxygen atoms in total. The summed E-state index contributed by atoms with van der Waals surface area (Å²) >= 11 is 0. The van der Waals surface area contributed by atoms with Crippen molar-refractivity contribution < 1.29 is 25.8 Å². The fourth-order valence-corrected chi connectivity index (χ4v) is 0.986. The van der Waals surface area contributed by atoms with Crippen LogP contribution in [-0.2, 0) is 10.1 Å². The second kappa shape index (κ2) is 2.95. The number of rotatable bonds is 2. The lowest BCUT2D eigenvalue weighted by atomic mass is 10.6. The summed E-state index contributed by atoms with van der Waals surface area (Å²) in [6.45, 7) is 0. The third-order valence-electron chi connectivity index (χ3n) is 1.06. The van der Waals surface area contributed by atoms with Crippen molar-refractivity contribution in [2.24, 2.45) is 0 Å². The summed E-state index contributed by atoms with van der Waals surface area (Å²) in [5, 5.41) is 0. The van der Waals surface area contributed by atoms with Gasteiger partial charge in [-0.05, 0) is 6.07 Å². The first kappa shape index (κ1) is 9.90.